The van der Waals surface area contributed by atoms with Crippen molar-refractivity contribution in [3.05, 3.63) is 17.8 Å². The molecule has 0 spiro atoms. The number of hydrogen-bond donors (Lipinski definition) is 1. The smallest absolute Gasteiger partial charge is 0.326 e. The number of amides is 1. The lowest BCUT2D eigenvalue weighted by Crippen LogP contribution is -2.48. The molecule has 1 fully saturated rings. The predicted octanol–water partition coefficient (Wildman–Crippen LogP) is 2.63. The Bertz CT molecular complexity index is 598. The van der Waals surface area contributed by atoms with E-state index in [-0.39, 0.29) is 23.8 Å². The molecule has 0 aliphatic heterocycles. The highest BCUT2D eigenvalue weighted by atomic mass is 16.5. The molecule has 1 N–H and O–H groups in total. The molecule has 7 heteroatoms. The third-order valence-corrected chi connectivity index (χ3v) is 4.92. The van der Waals surface area contributed by atoms with Crippen molar-refractivity contribution in [2.24, 2.45) is 11.8 Å². The fourth-order valence-electron chi connectivity index (χ4n) is 3.51. The number of carboxylic acid groups (broad SMARTS) is 1. The molecule has 1 aromatic rings. The van der Waals surface area contributed by atoms with Crippen LogP contribution in [-0.2, 0) is 20.9 Å². The third-order valence-electron chi connectivity index (χ3n) is 4.92. The monoisotopic (exact) mass is 352 g/mol. The van der Waals surface area contributed by atoms with Crippen LogP contribution in [0.25, 0.3) is 0 Å². The molecule has 0 radical (unpaired) electrons. The maximum absolute atomic E-state index is 12.8. The van der Waals surface area contributed by atoms with Gasteiger partial charge in [0.25, 0.3) is 0 Å². The van der Waals surface area contributed by atoms with Crippen molar-refractivity contribution >= 4 is 11.9 Å². The van der Waals surface area contributed by atoms with Crippen LogP contribution in [0.1, 0.15) is 51.0 Å². The van der Waals surface area contributed by atoms with Gasteiger partial charge in [-0.3, -0.25) is 4.79 Å². The second-order valence-corrected chi connectivity index (χ2v) is 7.13. The van der Waals surface area contributed by atoms with Crippen molar-refractivity contribution in [2.45, 2.75) is 65.2 Å². The van der Waals surface area contributed by atoms with Gasteiger partial charge in [-0.15, -0.1) is 0 Å². The van der Waals surface area contributed by atoms with E-state index in [9.17, 15) is 14.7 Å². The third kappa shape index (κ3) is 4.81. The van der Waals surface area contributed by atoms with Crippen LogP contribution in [0.2, 0.25) is 0 Å². The Morgan fingerprint density at radius 3 is 2.72 bits per heavy atom. The number of carbonyl (C=O) groups excluding carboxylic acids is 1. The quantitative estimate of drug-likeness (QED) is 0.811. The number of ether oxygens (including phenoxy) is 1. The molecule has 1 aliphatic rings. The Morgan fingerprint density at radius 1 is 1.44 bits per heavy atom. The molecule has 0 saturated heterocycles. The normalized spacial score (nSPS) is 22.0. The first-order valence-corrected chi connectivity index (χ1v) is 8.81. The van der Waals surface area contributed by atoms with Crippen molar-refractivity contribution in [3.63, 3.8) is 0 Å². The Hall–Kier alpha value is -1.89. The number of aryl methyl sites for hydroxylation is 1. The molecule has 1 amide bonds. The molecular weight excluding hydrogens is 324 g/mol. The molecule has 3 atom stereocenters. The number of oxazole rings is 1. The fourth-order valence-corrected chi connectivity index (χ4v) is 3.51. The predicted molar refractivity (Wildman–Crippen MR) is 90.8 cm³/mol. The summed E-state index contributed by atoms with van der Waals surface area (Å²) in [6.45, 7) is 5.84. The lowest BCUT2D eigenvalue weighted by Gasteiger charge is -2.34. The molecule has 1 aliphatic carbocycles. The van der Waals surface area contributed by atoms with E-state index in [2.05, 4.69) is 4.98 Å². The minimum atomic E-state index is -0.962. The van der Waals surface area contributed by atoms with Crippen LogP contribution in [0, 0.1) is 18.8 Å². The zero-order chi connectivity index (χ0) is 18.6. The van der Waals surface area contributed by atoms with Gasteiger partial charge in [0.05, 0.1) is 12.7 Å². The van der Waals surface area contributed by atoms with Crippen molar-refractivity contribution in [1.29, 1.82) is 0 Å². The molecule has 2 unspecified atom stereocenters. The average molecular weight is 352 g/mol. The lowest BCUT2D eigenvalue weighted by atomic mass is 9.85. The summed E-state index contributed by atoms with van der Waals surface area (Å²) in [5.74, 6) is -0.660. The first-order chi connectivity index (χ1) is 11.8. The van der Waals surface area contributed by atoms with Crippen LogP contribution in [0.15, 0.2) is 10.8 Å². The molecule has 1 saturated carbocycles. The van der Waals surface area contributed by atoms with Crippen LogP contribution in [-0.4, -0.2) is 46.1 Å². The van der Waals surface area contributed by atoms with E-state index in [1.807, 2.05) is 20.8 Å². The van der Waals surface area contributed by atoms with E-state index in [0.29, 0.717) is 13.0 Å². The van der Waals surface area contributed by atoms with Gasteiger partial charge in [-0.05, 0) is 32.1 Å². The number of carbonyl (C=O) groups is 2. The highest BCUT2D eigenvalue weighted by molar-refractivity contribution is 5.85. The number of nitrogens with zero attached hydrogens (tertiary/aromatic N) is 2. The zero-order valence-corrected chi connectivity index (χ0v) is 15.4. The maximum atomic E-state index is 12.8. The zero-order valence-electron chi connectivity index (χ0n) is 15.4. The summed E-state index contributed by atoms with van der Waals surface area (Å²) in [6, 6.07) is -0.799. The molecule has 0 aromatic carbocycles. The molecule has 7 nitrogen and oxygen atoms in total. The molecule has 1 heterocycles. The van der Waals surface area contributed by atoms with E-state index in [4.69, 9.17) is 9.15 Å². The average Bonchev–Trinajstić information content (AvgIpc) is 2.97. The van der Waals surface area contributed by atoms with Crippen LogP contribution in [0.5, 0.6) is 0 Å². The van der Waals surface area contributed by atoms with E-state index < -0.39 is 12.0 Å². The van der Waals surface area contributed by atoms with Crippen molar-refractivity contribution in [1.82, 2.24) is 9.88 Å². The summed E-state index contributed by atoms with van der Waals surface area (Å²) >= 11 is 0. The Labute approximate surface area is 148 Å². The number of rotatable bonds is 7. The first-order valence-electron chi connectivity index (χ1n) is 8.81. The molecule has 0 bridgehead atoms. The number of aromatic nitrogens is 1. The van der Waals surface area contributed by atoms with Gasteiger partial charge < -0.3 is 19.2 Å². The van der Waals surface area contributed by atoms with Gasteiger partial charge in [0.15, 0.2) is 6.39 Å². The molecule has 140 valence electrons. The van der Waals surface area contributed by atoms with E-state index in [0.717, 1.165) is 30.7 Å². The highest BCUT2D eigenvalue weighted by Crippen LogP contribution is 2.29. The highest BCUT2D eigenvalue weighted by Gasteiger charge is 2.35. The largest absolute Gasteiger partial charge is 0.480 e. The number of carboxylic acids is 1. The summed E-state index contributed by atoms with van der Waals surface area (Å²) in [4.78, 5) is 29.7. The maximum Gasteiger partial charge on any atom is 0.326 e. The number of likely N-dealkylation sites (N-methyl/N-ethyl adjacent to an activating group) is 1. The van der Waals surface area contributed by atoms with Crippen molar-refractivity contribution in [2.75, 3.05) is 7.05 Å². The molecule has 1 aromatic heterocycles. The van der Waals surface area contributed by atoms with Gasteiger partial charge in [-0.2, -0.15) is 0 Å². The molecular formula is C18H28N2O5. The van der Waals surface area contributed by atoms with Gasteiger partial charge in [0.2, 0.25) is 5.91 Å². The van der Waals surface area contributed by atoms with E-state index >= 15 is 0 Å². The minimum Gasteiger partial charge on any atom is -0.480 e. The molecule has 25 heavy (non-hydrogen) atoms. The second kappa shape index (κ2) is 8.47. The number of hydrogen-bond acceptors (Lipinski definition) is 5. The summed E-state index contributed by atoms with van der Waals surface area (Å²) in [5.41, 5.74) is 0.774. The van der Waals surface area contributed by atoms with Gasteiger partial charge in [0.1, 0.15) is 17.5 Å². The summed E-state index contributed by atoms with van der Waals surface area (Å²) < 4.78 is 11.1. The fraction of sp³-hybridized carbons (Fsp3) is 0.722. The van der Waals surface area contributed by atoms with Crippen molar-refractivity contribution < 1.29 is 23.8 Å². The lowest BCUT2D eigenvalue weighted by molar-refractivity contribution is -0.153. The summed E-state index contributed by atoms with van der Waals surface area (Å²) in [6.07, 6.45) is 4.56. The summed E-state index contributed by atoms with van der Waals surface area (Å²) in [5, 5.41) is 9.39. The van der Waals surface area contributed by atoms with E-state index in [1.165, 1.54) is 11.3 Å². The molecule has 2 rings (SSSR count). The van der Waals surface area contributed by atoms with Crippen LogP contribution >= 0.6 is 0 Å². The first kappa shape index (κ1) is 19.4. The summed E-state index contributed by atoms with van der Waals surface area (Å²) in [7, 11) is 1.59. The standard InChI is InChI=1S/C18H28N2O5/c1-11(2)16(18(22)23)20(4)17(21)13-6-5-7-14(8-13)24-9-15-12(3)25-10-19-15/h10-11,13-14,16H,5-9H2,1-4H3,(H,22,23)/t13?,14?,16-/m0/s1. The topological polar surface area (TPSA) is 92.9 Å². The number of aliphatic carboxylic acids is 1. The van der Waals surface area contributed by atoms with Gasteiger partial charge in [-0.25, -0.2) is 9.78 Å². The minimum absolute atomic E-state index is 0.0190. The van der Waals surface area contributed by atoms with Gasteiger partial charge >= 0.3 is 5.97 Å². The van der Waals surface area contributed by atoms with Crippen LogP contribution in [0.3, 0.4) is 0 Å². The van der Waals surface area contributed by atoms with Gasteiger partial charge in [-0.1, -0.05) is 20.3 Å². The Kier molecular flexibility index (Phi) is 6.58. The van der Waals surface area contributed by atoms with Gasteiger partial charge in [0, 0.05) is 13.0 Å². The van der Waals surface area contributed by atoms with E-state index in [1.54, 1.807) is 7.05 Å². The van der Waals surface area contributed by atoms with Crippen LogP contribution in [0.4, 0.5) is 0 Å². The Morgan fingerprint density at radius 2 is 2.16 bits per heavy atom. The second-order valence-electron chi connectivity index (χ2n) is 7.13. The SMILES string of the molecule is Cc1ocnc1COC1CCCC(C(=O)N(C)[C@H](C(=O)O)C(C)C)C1. The van der Waals surface area contributed by atoms with Crippen LogP contribution < -0.4 is 0 Å². The van der Waals surface area contributed by atoms with Crippen molar-refractivity contribution in [3.8, 4) is 0 Å². The Balaban J connectivity index is 1.94.